The first kappa shape index (κ1) is 59.8. The number of hydrogen-bond donors (Lipinski definition) is 6. The van der Waals surface area contributed by atoms with Gasteiger partial charge in [0.2, 0.25) is 0 Å². The summed E-state index contributed by atoms with van der Waals surface area (Å²) in [4.78, 5) is 35.8. The van der Waals surface area contributed by atoms with E-state index in [9.17, 15) is 44.6 Å². The van der Waals surface area contributed by atoms with Gasteiger partial charge in [0.1, 0.15) is 43.2 Å². The summed E-state index contributed by atoms with van der Waals surface area (Å²) < 4.78 is 33.5. The summed E-state index contributed by atoms with van der Waals surface area (Å²) in [7, 11) is -5.14. The maximum atomic E-state index is 12.8. The normalized spacial score (nSPS) is 22.3. The summed E-state index contributed by atoms with van der Waals surface area (Å²) in [6.45, 7) is 3.03. The van der Waals surface area contributed by atoms with Crippen molar-refractivity contribution in [2.24, 2.45) is 0 Å². The van der Waals surface area contributed by atoms with E-state index in [0.29, 0.717) is 12.8 Å². The fraction of sp³-hybridized carbons (Fsp3) is 0.647. The van der Waals surface area contributed by atoms with Crippen molar-refractivity contribution in [2.75, 3.05) is 13.2 Å². The average Bonchev–Trinajstić information content (AvgIpc) is 3.29. The molecule has 1 aliphatic rings. The van der Waals surface area contributed by atoms with E-state index < -0.39 is 75.7 Å². The number of ether oxygens (including phenoxy) is 2. The van der Waals surface area contributed by atoms with Crippen LogP contribution in [0.5, 0.6) is 0 Å². The topological polar surface area (TPSA) is 210 Å². The molecule has 0 saturated heterocycles. The fourth-order valence-electron chi connectivity index (χ4n) is 6.62. The number of aliphatic hydroxyl groups is 5. The van der Waals surface area contributed by atoms with E-state index in [1.165, 1.54) is 0 Å². The van der Waals surface area contributed by atoms with Crippen LogP contribution in [0.25, 0.3) is 0 Å². The summed E-state index contributed by atoms with van der Waals surface area (Å²) in [5, 5.41) is 50.2. The predicted octanol–water partition coefficient (Wildman–Crippen LogP) is 9.83. The van der Waals surface area contributed by atoms with Gasteiger partial charge in [-0.25, -0.2) is 4.57 Å². The minimum Gasteiger partial charge on any atom is -0.462 e. The number of unbranched alkanes of at least 4 members (excludes halogenated alkanes) is 10. The van der Waals surface area contributed by atoms with Crippen LogP contribution in [0, 0.1) is 0 Å². The number of allylic oxidation sites excluding steroid dienone is 16. The molecule has 13 nitrogen and oxygen atoms in total. The Morgan fingerprint density at radius 2 is 0.831 bits per heavy atom. The highest BCUT2D eigenvalue weighted by molar-refractivity contribution is 7.47. The van der Waals surface area contributed by atoms with Crippen molar-refractivity contribution in [3.63, 3.8) is 0 Å². The van der Waals surface area contributed by atoms with Crippen LogP contribution in [0.1, 0.15) is 155 Å². The molecular weight excluding hydrogens is 852 g/mol. The minimum absolute atomic E-state index is 0.0686. The first-order valence-electron chi connectivity index (χ1n) is 24.0. The van der Waals surface area contributed by atoms with E-state index in [4.69, 9.17) is 18.5 Å². The molecule has 0 radical (unpaired) electrons. The van der Waals surface area contributed by atoms with Crippen molar-refractivity contribution in [2.45, 2.75) is 198 Å². The molecule has 0 bridgehead atoms. The Morgan fingerprint density at radius 3 is 1.26 bits per heavy atom. The molecule has 1 aliphatic carbocycles. The summed E-state index contributed by atoms with van der Waals surface area (Å²) in [6.07, 6.45) is 40.2. The Balaban J connectivity index is 2.47. The van der Waals surface area contributed by atoms with E-state index in [0.717, 1.165) is 116 Å². The van der Waals surface area contributed by atoms with Gasteiger partial charge in [0.25, 0.3) is 0 Å². The Morgan fingerprint density at radius 1 is 0.477 bits per heavy atom. The standard InChI is InChI=1S/C51H83O13P/c1-3-5-7-9-11-13-15-17-19-21-22-24-26-28-30-32-34-36-38-40-45(53)63-43(42-62-65(59,60)64-51-49(57)47(55)46(54)48(56)50(51)58)41-61-44(52)39-37-35-33-31-29-27-25-23-20-18-16-14-12-10-8-6-4-2/h5-8,11-14,17-20,22,24-25,27,43,46-51,54-58H,3-4,9-10,15-16,21,23,26,28-42H2,1-2H3,(H,59,60)/b7-5-,8-6-,13-11-,14-12-,19-17-,20-18-,24-22-,27-25-. The summed E-state index contributed by atoms with van der Waals surface area (Å²) >= 11 is 0. The zero-order chi connectivity index (χ0) is 47.8. The van der Waals surface area contributed by atoms with E-state index in [2.05, 4.69) is 111 Å². The van der Waals surface area contributed by atoms with Gasteiger partial charge in [0.05, 0.1) is 6.61 Å². The van der Waals surface area contributed by atoms with Gasteiger partial charge in [-0.2, -0.15) is 0 Å². The number of phosphoric ester groups is 1. The number of phosphoric acid groups is 1. The van der Waals surface area contributed by atoms with Gasteiger partial charge in [-0.1, -0.05) is 150 Å². The second kappa shape index (κ2) is 39.9. The quantitative estimate of drug-likeness (QED) is 0.0148. The van der Waals surface area contributed by atoms with Gasteiger partial charge < -0.3 is 39.9 Å². The maximum Gasteiger partial charge on any atom is 0.472 e. The van der Waals surface area contributed by atoms with E-state index in [1.807, 2.05) is 0 Å². The van der Waals surface area contributed by atoms with Crippen molar-refractivity contribution >= 4 is 19.8 Å². The van der Waals surface area contributed by atoms with Crippen molar-refractivity contribution in [3.8, 4) is 0 Å². The molecule has 0 spiro atoms. The second-order valence-corrected chi connectivity index (χ2v) is 17.6. The lowest BCUT2D eigenvalue weighted by atomic mass is 9.85. The molecular formula is C51H83O13P. The molecule has 0 aliphatic heterocycles. The third-order valence-electron chi connectivity index (χ3n) is 10.4. The van der Waals surface area contributed by atoms with Gasteiger partial charge >= 0.3 is 19.8 Å². The highest BCUT2D eigenvalue weighted by Gasteiger charge is 2.51. The van der Waals surface area contributed by atoms with Crippen molar-refractivity contribution < 1.29 is 63.1 Å². The third kappa shape index (κ3) is 32.2. The van der Waals surface area contributed by atoms with Crippen LogP contribution < -0.4 is 0 Å². The maximum absolute atomic E-state index is 12.8. The fourth-order valence-corrected chi connectivity index (χ4v) is 7.59. The highest BCUT2D eigenvalue weighted by Crippen LogP contribution is 2.47. The van der Waals surface area contributed by atoms with Crippen LogP contribution >= 0.6 is 7.82 Å². The molecule has 0 amide bonds. The minimum atomic E-state index is -5.14. The Bertz CT molecular complexity index is 1500. The number of carbonyl (C=O) groups is 2. The Kier molecular flexibility index (Phi) is 36.7. The molecule has 0 aromatic carbocycles. The monoisotopic (exact) mass is 935 g/mol. The Labute approximate surface area is 390 Å². The first-order chi connectivity index (χ1) is 31.4. The first-order valence-corrected chi connectivity index (χ1v) is 25.5. The SMILES string of the molecule is CC/C=C\C/C=C\C/C=C\C/C=C\CCCCCCCCC(=O)OC(COC(=O)CCCCCC/C=C\C/C=C\C/C=C\C/C=C\CC)COP(=O)(O)OC1C(O)C(O)C(O)C(O)C1O. The Hall–Kier alpha value is -3.23. The van der Waals surface area contributed by atoms with Crippen LogP contribution in [0.3, 0.4) is 0 Å². The van der Waals surface area contributed by atoms with E-state index in [1.54, 1.807) is 0 Å². The van der Waals surface area contributed by atoms with Gasteiger partial charge in [-0.05, 0) is 89.9 Å². The second-order valence-electron chi connectivity index (χ2n) is 16.2. The number of esters is 2. The van der Waals surface area contributed by atoms with Gasteiger partial charge in [0, 0.05) is 12.8 Å². The molecule has 1 rings (SSSR count). The van der Waals surface area contributed by atoms with Crippen LogP contribution in [0.4, 0.5) is 0 Å². The van der Waals surface area contributed by atoms with Crippen molar-refractivity contribution in [1.82, 2.24) is 0 Å². The molecule has 0 heterocycles. The average molecular weight is 935 g/mol. The van der Waals surface area contributed by atoms with E-state index >= 15 is 0 Å². The van der Waals surface area contributed by atoms with Gasteiger partial charge in [0.15, 0.2) is 6.10 Å². The largest absolute Gasteiger partial charge is 0.472 e. The van der Waals surface area contributed by atoms with Crippen LogP contribution in [0.2, 0.25) is 0 Å². The lowest BCUT2D eigenvalue weighted by Gasteiger charge is -2.41. The van der Waals surface area contributed by atoms with E-state index in [-0.39, 0.29) is 12.8 Å². The molecule has 6 unspecified atom stereocenters. The molecule has 65 heavy (non-hydrogen) atoms. The zero-order valence-electron chi connectivity index (χ0n) is 39.2. The number of rotatable bonds is 38. The smallest absolute Gasteiger partial charge is 0.462 e. The molecule has 6 N–H and O–H groups in total. The summed E-state index contributed by atoms with van der Waals surface area (Å²) in [5.74, 6) is -1.15. The number of hydrogen-bond acceptors (Lipinski definition) is 12. The predicted molar refractivity (Wildman–Crippen MR) is 258 cm³/mol. The van der Waals surface area contributed by atoms with Gasteiger partial charge in [-0.3, -0.25) is 18.6 Å². The van der Waals surface area contributed by atoms with Crippen molar-refractivity contribution in [3.05, 3.63) is 97.2 Å². The number of aliphatic hydroxyl groups excluding tert-OH is 5. The highest BCUT2D eigenvalue weighted by atomic mass is 31.2. The molecule has 1 saturated carbocycles. The lowest BCUT2D eigenvalue weighted by Crippen LogP contribution is -2.64. The molecule has 1 fully saturated rings. The number of carbonyl (C=O) groups excluding carboxylic acids is 2. The summed E-state index contributed by atoms with van der Waals surface area (Å²) in [5.41, 5.74) is 0. The molecule has 370 valence electrons. The van der Waals surface area contributed by atoms with Crippen molar-refractivity contribution in [1.29, 1.82) is 0 Å². The van der Waals surface area contributed by atoms with Crippen LogP contribution in [-0.4, -0.2) is 98.3 Å². The molecule has 0 aromatic rings. The molecule has 14 heteroatoms. The third-order valence-corrected chi connectivity index (χ3v) is 11.4. The zero-order valence-corrected chi connectivity index (χ0v) is 40.1. The molecule has 0 aromatic heterocycles. The molecule has 6 atom stereocenters. The van der Waals surface area contributed by atoms with Gasteiger partial charge in [-0.15, -0.1) is 0 Å². The lowest BCUT2D eigenvalue weighted by molar-refractivity contribution is -0.220. The van der Waals surface area contributed by atoms with Crippen LogP contribution in [-0.2, 0) is 32.7 Å². The van der Waals surface area contributed by atoms with Crippen LogP contribution in [0.15, 0.2) is 97.2 Å². The summed E-state index contributed by atoms with van der Waals surface area (Å²) in [6, 6.07) is 0.